The van der Waals surface area contributed by atoms with Gasteiger partial charge in [-0.1, -0.05) is 29.8 Å². The largest absolute Gasteiger partial charge is 0.293 e. The SMILES string of the molecule is Cc1ccc(-c2ccc(C(=O)C3CC3)s2)cc1. The van der Waals surface area contributed by atoms with Crippen LogP contribution in [-0.2, 0) is 0 Å². The van der Waals surface area contributed by atoms with E-state index in [-0.39, 0.29) is 0 Å². The summed E-state index contributed by atoms with van der Waals surface area (Å²) in [6.07, 6.45) is 2.16. The second-order valence-electron chi connectivity index (χ2n) is 4.67. The molecular weight excluding hydrogens is 228 g/mol. The molecule has 0 aliphatic heterocycles. The molecule has 0 radical (unpaired) electrons. The van der Waals surface area contributed by atoms with Crippen molar-refractivity contribution in [1.29, 1.82) is 0 Å². The minimum Gasteiger partial charge on any atom is -0.293 e. The van der Waals surface area contributed by atoms with Crippen LogP contribution in [0.5, 0.6) is 0 Å². The van der Waals surface area contributed by atoms with E-state index in [0.717, 1.165) is 17.7 Å². The van der Waals surface area contributed by atoms with Crippen LogP contribution >= 0.6 is 11.3 Å². The van der Waals surface area contributed by atoms with Crippen molar-refractivity contribution in [3.63, 3.8) is 0 Å². The highest BCUT2D eigenvalue weighted by molar-refractivity contribution is 7.17. The molecule has 0 atom stereocenters. The summed E-state index contributed by atoms with van der Waals surface area (Å²) in [5.41, 5.74) is 2.47. The van der Waals surface area contributed by atoms with Gasteiger partial charge in [0.25, 0.3) is 0 Å². The fourth-order valence-electron chi connectivity index (χ4n) is 1.89. The predicted octanol–water partition coefficient (Wildman–Crippen LogP) is 4.32. The van der Waals surface area contributed by atoms with Crippen LogP contribution in [0, 0.1) is 12.8 Å². The minimum absolute atomic E-state index is 0.319. The number of aryl methyl sites for hydroxylation is 1. The van der Waals surface area contributed by atoms with Crippen LogP contribution < -0.4 is 0 Å². The topological polar surface area (TPSA) is 17.1 Å². The highest BCUT2D eigenvalue weighted by Crippen LogP contribution is 2.36. The van der Waals surface area contributed by atoms with Crippen molar-refractivity contribution in [1.82, 2.24) is 0 Å². The zero-order chi connectivity index (χ0) is 11.8. The molecular formula is C15H14OS. The van der Waals surface area contributed by atoms with Gasteiger partial charge in [0.05, 0.1) is 4.88 Å². The fraction of sp³-hybridized carbons (Fsp3) is 0.267. The minimum atomic E-state index is 0.319. The molecule has 0 N–H and O–H groups in total. The molecule has 1 aliphatic rings. The number of carbonyl (C=O) groups excluding carboxylic acids is 1. The first kappa shape index (κ1) is 10.7. The van der Waals surface area contributed by atoms with Gasteiger partial charge >= 0.3 is 0 Å². The lowest BCUT2D eigenvalue weighted by Gasteiger charge is -1.97. The Morgan fingerprint density at radius 3 is 2.47 bits per heavy atom. The highest BCUT2D eigenvalue weighted by atomic mass is 32.1. The molecule has 1 fully saturated rings. The molecule has 1 aliphatic carbocycles. The van der Waals surface area contributed by atoms with Gasteiger partial charge in [0.2, 0.25) is 0 Å². The molecule has 2 aromatic rings. The molecule has 0 bridgehead atoms. The second kappa shape index (κ2) is 4.11. The van der Waals surface area contributed by atoms with Gasteiger partial charge in [0, 0.05) is 10.8 Å². The summed E-state index contributed by atoms with van der Waals surface area (Å²) >= 11 is 1.62. The number of ketones is 1. The smallest absolute Gasteiger partial charge is 0.175 e. The summed E-state index contributed by atoms with van der Waals surface area (Å²) < 4.78 is 0. The zero-order valence-electron chi connectivity index (χ0n) is 9.77. The van der Waals surface area contributed by atoms with Crippen LogP contribution in [-0.4, -0.2) is 5.78 Å². The summed E-state index contributed by atoms with van der Waals surface area (Å²) in [4.78, 5) is 14.0. The number of Topliss-reactive ketones (excluding diaryl/α,β-unsaturated/α-hetero) is 1. The Kier molecular flexibility index (Phi) is 2.60. The number of rotatable bonds is 3. The molecule has 3 rings (SSSR count). The van der Waals surface area contributed by atoms with Crippen LogP contribution in [0.3, 0.4) is 0 Å². The molecule has 86 valence electrons. The van der Waals surface area contributed by atoms with Crippen LogP contribution in [0.1, 0.15) is 28.1 Å². The lowest BCUT2D eigenvalue weighted by atomic mass is 10.1. The van der Waals surface area contributed by atoms with E-state index in [2.05, 4.69) is 37.3 Å². The van der Waals surface area contributed by atoms with E-state index in [1.165, 1.54) is 16.0 Å². The van der Waals surface area contributed by atoms with E-state index in [1.54, 1.807) is 11.3 Å². The van der Waals surface area contributed by atoms with E-state index in [0.29, 0.717) is 11.7 Å². The van der Waals surface area contributed by atoms with Gasteiger partial charge in [-0.3, -0.25) is 4.79 Å². The van der Waals surface area contributed by atoms with Gasteiger partial charge in [0.1, 0.15) is 0 Å². The zero-order valence-corrected chi connectivity index (χ0v) is 10.6. The highest BCUT2D eigenvalue weighted by Gasteiger charge is 2.31. The number of hydrogen-bond acceptors (Lipinski definition) is 2. The second-order valence-corrected chi connectivity index (χ2v) is 5.75. The molecule has 0 spiro atoms. The average molecular weight is 242 g/mol. The summed E-state index contributed by atoms with van der Waals surface area (Å²) in [5, 5.41) is 0. The van der Waals surface area contributed by atoms with Crippen molar-refractivity contribution in [3.05, 3.63) is 46.8 Å². The summed E-state index contributed by atoms with van der Waals surface area (Å²) in [6.45, 7) is 2.08. The van der Waals surface area contributed by atoms with Gasteiger partial charge in [0.15, 0.2) is 5.78 Å². The third kappa shape index (κ3) is 2.18. The molecule has 1 aromatic carbocycles. The van der Waals surface area contributed by atoms with Crippen molar-refractivity contribution in [2.75, 3.05) is 0 Å². The van der Waals surface area contributed by atoms with Gasteiger partial charge < -0.3 is 0 Å². The van der Waals surface area contributed by atoms with Gasteiger partial charge in [-0.15, -0.1) is 11.3 Å². The van der Waals surface area contributed by atoms with Gasteiger partial charge in [-0.25, -0.2) is 0 Å². The molecule has 17 heavy (non-hydrogen) atoms. The maximum absolute atomic E-state index is 11.9. The maximum Gasteiger partial charge on any atom is 0.175 e. The molecule has 1 aromatic heterocycles. The lowest BCUT2D eigenvalue weighted by molar-refractivity contribution is 0.0971. The molecule has 1 heterocycles. The monoisotopic (exact) mass is 242 g/mol. The number of carbonyl (C=O) groups is 1. The Morgan fingerprint density at radius 1 is 1.12 bits per heavy atom. The van der Waals surface area contributed by atoms with E-state index in [1.807, 2.05) is 6.07 Å². The van der Waals surface area contributed by atoms with Crippen molar-refractivity contribution < 1.29 is 4.79 Å². The Bertz CT molecular complexity index is 547. The third-order valence-corrected chi connectivity index (χ3v) is 4.28. The van der Waals surface area contributed by atoms with Crippen LogP contribution in [0.2, 0.25) is 0 Å². The molecule has 2 heteroatoms. The Balaban J connectivity index is 1.88. The van der Waals surface area contributed by atoms with E-state index < -0.39 is 0 Å². The molecule has 0 amide bonds. The van der Waals surface area contributed by atoms with Crippen molar-refractivity contribution in [3.8, 4) is 10.4 Å². The van der Waals surface area contributed by atoms with Crippen molar-refractivity contribution >= 4 is 17.1 Å². The molecule has 0 saturated heterocycles. The summed E-state index contributed by atoms with van der Waals surface area (Å²) in [7, 11) is 0. The Hall–Kier alpha value is -1.41. The standard InChI is InChI=1S/C15H14OS/c1-10-2-4-11(5-3-10)13-8-9-14(17-13)15(16)12-6-7-12/h2-5,8-9,12H,6-7H2,1H3. The number of thiophene rings is 1. The number of benzene rings is 1. The van der Waals surface area contributed by atoms with E-state index in [9.17, 15) is 4.79 Å². The third-order valence-electron chi connectivity index (χ3n) is 3.13. The Morgan fingerprint density at radius 2 is 1.82 bits per heavy atom. The summed E-state index contributed by atoms with van der Waals surface area (Å²) in [6, 6.07) is 12.5. The quantitative estimate of drug-likeness (QED) is 0.733. The molecule has 1 nitrogen and oxygen atoms in total. The van der Waals surface area contributed by atoms with Gasteiger partial charge in [-0.05, 0) is 37.5 Å². The first-order chi connectivity index (χ1) is 8.24. The van der Waals surface area contributed by atoms with Gasteiger partial charge in [-0.2, -0.15) is 0 Å². The first-order valence-corrected chi connectivity index (χ1v) is 6.77. The number of hydrogen-bond donors (Lipinski definition) is 0. The Labute approximate surface area is 105 Å². The van der Waals surface area contributed by atoms with Crippen molar-refractivity contribution in [2.45, 2.75) is 19.8 Å². The molecule has 1 saturated carbocycles. The van der Waals surface area contributed by atoms with Crippen LogP contribution in [0.4, 0.5) is 0 Å². The van der Waals surface area contributed by atoms with E-state index >= 15 is 0 Å². The predicted molar refractivity (Wildman–Crippen MR) is 71.5 cm³/mol. The maximum atomic E-state index is 11.9. The normalized spacial score (nSPS) is 14.9. The van der Waals surface area contributed by atoms with Crippen LogP contribution in [0.25, 0.3) is 10.4 Å². The van der Waals surface area contributed by atoms with Crippen LogP contribution in [0.15, 0.2) is 36.4 Å². The summed E-state index contributed by atoms with van der Waals surface area (Å²) in [5.74, 6) is 0.660. The van der Waals surface area contributed by atoms with E-state index in [4.69, 9.17) is 0 Å². The average Bonchev–Trinajstić information content (AvgIpc) is 3.07. The van der Waals surface area contributed by atoms with Crippen molar-refractivity contribution in [2.24, 2.45) is 5.92 Å². The molecule has 0 unspecified atom stereocenters. The fourth-order valence-corrected chi connectivity index (χ4v) is 2.92. The lowest BCUT2D eigenvalue weighted by Crippen LogP contribution is -1.96. The first-order valence-electron chi connectivity index (χ1n) is 5.95.